The Hall–Kier alpha value is -2.87. The van der Waals surface area contributed by atoms with E-state index in [1.165, 1.54) is 5.69 Å². The highest BCUT2D eigenvalue weighted by molar-refractivity contribution is 5.98. The lowest BCUT2D eigenvalue weighted by Crippen LogP contribution is -2.52. The van der Waals surface area contributed by atoms with Crippen LogP contribution in [0.1, 0.15) is 57.2 Å². The number of nitrogen functional groups attached to an aromatic ring is 1. The summed E-state index contributed by atoms with van der Waals surface area (Å²) in [5.74, 6) is 0.0380. The molecule has 1 aromatic carbocycles. The van der Waals surface area contributed by atoms with Crippen molar-refractivity contribution in [1.29, 1.82) is 5.41 Å². The average Bonchev–Trinajstić information content (AvgIpc) is 3.53. The van der Waals surface area contributed by atoms with Crippen molar-refractivity contribution >= 4 is 28.6 Å². The fourth-order valence-electron chi connectivity index (χ4n) is 5.54. The Kier molecular flexibility index (Phi) is 6.74. The lowest BCUT2D eigenvalue weighted by molar-refractivity contribution is -0.144. The molecule has 0 unspecified atom stereocenters. The zero-order chi connectivity index (χ0) is 23.7. The lowest BCUT2D eigenvalue weighted by Gasteiger charge is -2.32. The topological polar surface area (TPSA) is 121 Å². The highest BCUT2D eigenvalue weighted by Crippen LogP contribution is 2.29. The molecule has 2 aliphatic heterocycles. The quantitative estimate of drug-likeness (QED) is 0.440. The van der Waals surface area contributed by atoms with Gasteiger partial charge in [0.1, 0.15) is 11.9 Å². The summed E-state index contributed by atoms with van der Waals surface area (Å²) in [6, 6.07) is 7.37. The summed E-state index contributed by atoms with van der Waals surface area (Å²) in [6.07, 6.45) is 5.36. The molecule has 0 bridgehead atoms. The van der Waals surface area contributed by atoms with Crippen LogP contribution in [0.5, 0.6) is 0 Å². The Morgan fingerprint density at radius 3 is 2.58 bits per heavy atom. The Bertz CT molecular complexity index is 1060. The molecule has 2 aromatic rings. The molecule has 5 N–H and O–H groups in total. The van der Waals surface area contributed by atoms with E-state index in [4.69, 9.17) is 16.9 Å². The minimum atomic E-state index is -0.577. The van der Waals surface area contributed by atoms with E-state index in [1.807, 2.05) is 23.1 Å². The van der Waals surface area contributed by atoms with Crippen LogP contribution in [0.25, 0.3) is 10.9 Å². The maximum Gasteiger partial charge on any atom is 0.245 e. The number of likely N-dealkylation sites (tertiary alicyclic amines) is 2. The smallest absolute Gasteiger partial charge is 0.245 e. The van der Waals surface area contributed by atoms with E-state index in [9.17, 15) is 9.59 Å². The first-order valence-electron chi connectivity index (χ1n) is 12.1. The second kappa shape index (κ2) is 9.55. The first-order valence-corrected chi connectivity index (χ1v) is 12.1. The zero-order valence-electron chi connectivity index (χ0n) is 19.7. The van der Waals surface area contributed by atoms with Gasteiger partial charge in [-0.1, -0.05) is 12.1 Å². The number of benzene rings is 1. The molecule has 2 saturated heterocycles. The molecule has 3 heterocycles. The van der Waals surface area contributed by atoms with E-state index in [-0.39, 0.29) is 29.7 Å². The van der Waals surface area contributed by atoms with Crippen molar-refractivity contribution in [3.05, 3.63) is 35.5 Å². The van der Waals surface area contributed by atoms with Gasteiger partial charge in [0, 0.05) is 42.5 Å². The van der Waals surface area contributed by atoms with Gasteiger partial charge in [-0.05, 0) is 69.9 Å². The largest absolute Gasteiger partial charge is 0.384 e. The van der Waals surface area contributed by atoms with Crippen LogP contribution < -0.4 is 11.5 Å². The molecule has 33 heavy (non-hydrogen) atoms. The van der Waals surface area contributed by atoms with Crippen molar-refractivity contribution in [2.45, 2.75) is 77.0 Å². The summed E-state index contributed by atoms with van der Waals surface area (Å²) >= 11 is 0. The maximum absolute atomic E-state index is 13.4. The van der Waals surface area contributed by atoms with E-state index < -0.39 is 6.04 Å². The molecule has 0 saturated carbocycles. The van der Waals surface area contributed by atoms with Crippen LogP contribution in [-0.2, 0) is 22.6 Å². The highest BCUT2D eigenvalue weighted by Gasteiger charge is 2.40. The number of amides is 2. The Labute approximate surface area is 195 Å². The predicted octanol–water partition coefficient (Wildman–Crippen LogP) is 2.21. The fourth-order valence-corrected chi connectivity index (χ4v) is 5.54. The van der Waals surface area contributed by atoms with Gasteiger partial charge in [-0.25, -0.2) is 0 Å². The SMILES string of the molecule is CCn1c(CC[C@@H]2CCCN2C(=O)[C@H]2CCCN2C(=O)[C@H](C)N)cc2ccc(C(=N)N)cc21. The standard InChI is InChI=1S/C25H36N6O2/c1-3-29-20(14-17-8-9-18(23(27)28)15-22(17)29)11-10-19-6-4-12-30(19)25(33)21-7-5-13-31(21)24(32)16(2)26/h8-9,14-16,19,21H,3-7,10-13,26H2,1-2H3,(H3,27,28)/t16-,19-,21+/m0/s1. The summed E-state index contributed by atoms with van der Waals surface area (Å²) in [4.78, 5) is 29.6. The van der Waals surface area contributed by atoms with Crippen LogP contribution in [0.4, 0.5) is 0 Å². The molecule has 3 atom stereocenters. The number of carbonyl (C=O) groups is 2. The molecule has 0 spiro atoms. The predicted molar refractivity (Wildman–Crippen MR) is 130 cm³/mol. The van der Waals surface area contributed by atoms with Crippen LogP contribution in [0, 0.1) is 5.41 Å². The van der Waals surface area contributed by atoms with E-state index in [2.05, 4.69) is 17.6 Å². The minimum Gasteiger partial charge on any atom is -0.384 e. The normalized spacial score (nSPS) is 21.7. The van der Waals surface area contributed by atoms with Crippen LogP contribution in [0.2, 0.25) is 0 Å². The third kappa shape index (κ3) is 4.49. The van der Waals surface area contributed by atoms with Crippen LogP contribution >= 0.6 is 0 Å². The second-order valence-electron chi connectivity index (χ2n) is 9.41. The number of nitrogens with one attached hydrogen (secondary N) is 1. The zero-order valence-corrected chi connectivity index (χ0v) is 19.7. The average molecular weight is 453 g/mol. The van der Waals surface area contributed by atoms with Crippen molar-refractivity contribution in [2.24, 2.45) is 11.5 Å². The number of hydrogen-bond donors (Lipinski definition) is 3. The highest BCUT2D eigenvalue weighted by atomic mass is 16.2. The molecule has 8 heteroatoms. The first-order chi connectivity index (χ1) is 15.8. The lowest BCUT2D eigenvalue weighted by atomic mass is 10.1. The molecule has 178 valence electrons. The monoisotopic (exact) mass is 452 g/mol. The third-order valence-corrected chi connectivity index (χ3v) is 7.22. The second-order valence-corrected chi connectivity index (χ2v) is 9.41. The summed E-state index contributed by atoms with van der Waals surface area (Å²) < 4.78 is 2.28. The minimum absolute atomic E-state index is 0.0749. The molecule has 0 radical (unpaired) electrons. The van der Waals surface area contributed by atoms with Gasteiger partial charge < -0.3 is 25.8 Å². The summed E-state index contributed by atoms with van der Waals surface area (Å²) in [7, 11) is 0. The number of hydrogen-bond acceptors (Lipinski definition) is 4. The van der Waals surface area contributed by atoms with Gasteiger partial charge in [0.15, 0.2) is 0 Å². The molecular formula is C25H36N6O2. The van der Waals surface area contributed by atoms with Crippen LogP contribution in [-0.4, -0.2) is 63.2 Å². The molecule has 0 aliphatic carbocycles. The number of carbonyl (C=O) groups excluding carboxylic acids is 2. The van der Waals surface area contributed by atoms with Gasteiger partial charge in [0.2, 0.25) is 11.8 Å². The van der Waals surface area contributed by atoms with Crippen LogP contribution in [0.3, 0.4) is 0 Å². The summed E-state index contributed by atoms with van der Waals surface area (Å²) in [5.41, 5.74) is 14.6. The van der Waals surface area contributed by atoms with E-state index >= 15 is 0 Å². The van der Waals surface area contributed by atoms with Gasteiger partial charge >= 0.3 is 0 Å². The van der Waals surface area contributed by atoms with Gasteiger partial charge in [-0.3, -0.25) is 15.0 Å². The number of rotatable bonds is 7. The molecule has 1 aromatic heterocycles. The van der Waals surface area contributed by atoms with E-state index in [0.717, 1.165) is 68.1 Å². The van der Waals surface area contributed by atoms with Gasteiger partial charge in [0.05, 0.1) is 6.04 Å². The number of aromatic nitrogens is 1. The van der Waals surface area contributed by atoms with Gasteiger partial charge in [-0.2, -0.15) is 0 Å². The molecule has 8 nitrogen and oxygen atoms in total. The summed E-state index contributed by atoms with van der Waals surface area (Å²) in [5, 5.41) is 8.88. The van der Waals surface area contributed by atoms with Gasteiger partial charge in [0.25, 0.3) is 0 Å². The van der Waals surface area contributed by atoms with Gasteiger partial charge in [-0.15, -0.1) is 0 Å². The van der Waals surface area contributed by atoms with Crippen molar-refractivity contribution < 1.29 is 9.59 Å². The summed E-state index contributed by atoms with van der Waals surface area (Å²) in [6.45, 7) is 6.03. The van der Waals surface area contributed by atoms with Crippen molar-refractivity contribution in [1.82, 2.24) is 14.4 Å². The first kappa shape index (κ1) is 23.3. The molecule has 2 amide bonds. The van der Waals surface area contributed by atoms with Crippen molar-refractivity contribution in [2.75, 3.05) is 13.1 Å². The molecule has 2 aliphatic rings. The number of aryl methyl sites for hydroxylation is 2. The van der Waals surface area contributed by atoms with Crippen molar-refractivity contribution in [3.63, 3.8) is 0 Å². The fraction of sp³-hybridized carbons (Fsp3) is 0.560. The van der Waals surface area contributed by atoms with E-state index in [1.54, 1.807) is 11.8 Å². The maximum atomic E-state index is 13.4. The number of fused-ring (bicyclic) bond motifs is 1. The Balaban J connectivity index is 1.48. The molecule has 2 fully saturated rings. The Morgan fingerprint density at radius 2 is 1.88 bits per heavy atom. The van der Waals surface area contributed by atoms with Crippen molar-refractivity contribution in [3.8, 4) is 0 Å². The third-order valence-electron chi connectivity index (χ3n) is 7.22. The Morgan fingerprint density at radius 1 is 1.15 bits per heavy atom. The molecular weight excluding hydrogens is 416 g/mol. The number of nitrogens with two attached hydrogens (primary N) is 2. The van der Waals surface area contributed by atoms with E-state index in [0.29, 0.717) is 6.54 Å². The number of amidine groups is 1. The number of nitrogens with zero attached hydrogens (tertiary/aromatic N) is 3. The van der Waals surface area contributed by atoms with Crippen LogP contribution in [0.15, 0.2) is 24.3 Å². The molecule has 4 rings (SSSR count).